The first-order valence-electron chi connectivity index (χ1n) is 4.96. The van der Waals surface area contributed by atoms with Crippen LogP contribution < -0.4 is 10.6 Å². The third kappa shape index (κ3) is 4.12. The molecule has 4 heteroatoms. The lowest BCUT2D eigenvalue weighted by atomic mass is 10.5. The van der Waals surface area contributed by atoms with Gasteiger partial charge >= 0.3 is 6.03 Å². The summed E-state index contributed by atoms with van der Waals surface area (Å²) in [5.41, 5.74) is 0. The molecule has 2 amide bonds. The van der Waals surface area contributed by atoms with Crippen LogP contribution in [0.2, 0.25) is 0 Å². The van der Waals surface area contributed by atoms with Gasteiger partial charge in [-0.1, -0.05) is 0 Å². The molecule has 0 heterocycles. The number of carbonyl (C=O) groups is 1. The highest BCUT2D eigenvalue weighted by Crippen LogP contribution is 2.17. The molecule has 1 aliphatic rings. The Morgan fingerprint density at radius 1 is 1.46 bits per heavy atom. The normalized spacial score (nSPS) is 15.5. The van der Waals surface area contributed by atoms with Gasteiger partial charge in [0.25, 0.3) is 0 Å². The van der Waals surface area contributed by atoms with E-state index in [-0.39, 0.29) is 6.03 Å². The zero-order valence-corrected chi connectivity index (χ0v) is 8.47. The van der Waals surface area contributed by atoms with Gasteiger partial charge in [-0.3, -0.25) is 0 Å². The van der Waals surface area contributed by atoms with Crippen molar-refractivity contribution in [2.24, 2.45) is 0 Å². The predicted octanol–water partition coefficient (Wildman–Crippen LogP) is 0.400. The maximum Gasteiger partial charge on any atom is 0.317 e. The molecule has 0 aromatic carbocycles. The molecule has 76 valence electrons. The fourth-order valence-corrected chi connectivity index (χ4v) is 1.01. The third-order valence-corrected chi connectivity index (χ3v) is 2.23. The van der Waals surface area contributed by atoms with Crippen LogP contribution in [0.5, 0.6) is 0 Å². The maximum atomic E-state index is 11.2. The molecule has 0 saturated heterocycles. The van der Waals surface area contributed by atoms with E-state index in [0.29, 0.717) is 0 Å². The van der Waals surface area contributed by atoms with E-state index in [1.165, 1.54) is 12.8 Å². The molecule has 4 nitrogen and oxygen atoms in total. The van der Waals surface area contributed by atoms with E-state index in [0.717, 1.165) is 25.7 Å². The molecule has 0 aliphatic heterocycles. The SMILES string of the molecule is CCN(C)C(=O)NCCNC1CC1. The summed E-state index contributed by atoms with van der Waals surface area (Å²) < 4.78 is 0. The van der Waals surface area contributed by atoms with Crippen molar-refractivity contribution >= 4 is 6.03 Å². The molecule has 0 radical (unpaired) electrons. The van der Waals surface area contributed by atoms with E-state index < -0.39 is 0 Å². The Labute approximate surface area is 79.7 Å². The van der Waals surface area contributed by atoms with Crippen molar-refractivity contribution in [1.29, 1.82) is 0 Å². The van der Waals surface area contributed by atoms with Crippen molar-refractivity contribution in [2.75, 3.05) is 26.7 Å². The Morgan fingerprint density at radius 3 is 2.69 bits per heavy atom. The molecule has 1 saturated carbocycles. The molecule has 0 spiro atoms. The van der Waals surface area contributed by atoms with Crippen LogP contribution in [-0.4, -0.2) is 43.7 Å². The van der Waals surface area contributed by atoms with Crippen molar-refractivity contribution in [1.82, 2.24) is 15.5 Å². The van der Waals surface area contributed by atoms with Crippen molar-refractivity contribution in [3.8, 4) is 0 Å². The predicted molar refractivity (Wildman–Crippen MR) is 52.7 cm³/mol. The molecule has 0 bridgehead atoms. The van der Waals surface area contributed by atoms with Gasteiger partial charge in [-0.25, -0.2) is 4.79 Å². The van der Waals surface area contributed by atoms with Gasteiger partial charge in [0.1, 0.15) is 0 Å². The minimum absolute atomic E-state index is 0.0140. The number of hydrogen-bond donors (Lipinski definition) is 2. The Bertz CT molecular complexity index is 168. The van der Waals surface area contributed by atoms with Gasteiger partial charge in [-0.2, -0.15) is 0 Å². The van der Waals surface area contributed by atoms with Gasteiger partial charge in [0.15, 0.2) is 0 Å². The van der Waals surface area contributed by atoms with Crippen LogP contribution in [0, 0.1) is 0 Å². The fraction of sp³-hybridized carbons (Fsp3) is 0.889. The lowest BCUT2D eigenvalue weighted by Gasteiger charge is -2.15. The topological polar surface area (TPSA) is 44.4 Å². The lowest BCUT2D eigenvalue weighted by molar-refractivity contribution is 0.211. The number of nitrogens with one attached hydrogen (secondary N) is 2. The Balaban J connectivity index is 1.94. The second kappa shape index (κ2) is 5.07. The van der Waals surface area contributed by atoms with Crippen LogP contribution in [0.1, 0.15) is 19.8 Å². The summed E-state index contributed by atoms with van der Waals surface area (Å²) >= 11 is 0. The number of urea groups is 1. The van der Waals surface area contributed by atoms with Gasteiger partial charge < -0.3 is 15.5 Å². The van der Waals surface area contributed by atoms with Crippen molar-refractivity contribution in [3.05, 3.63) is 0 Å². The summed E-state index contributed by atoms with van der Waals surface area (Å²) in [7, 11) is 1.80. The Hall–Kier alpha value is -0.770. The second-order valence-electron chi connectivity index (χ2n) is 3.47. The highest BCUT2D eigenvalue weighted by molar-refractivity contribution is 5.73. The summed E-state index contributed by atoms with van der Waals surface area (Å²) in [6.07, 6.45) is 2.59. The summed E-state index contributed by atoms with van der Waals surface area (Å²) in [5.74, 6) is 0. The molecule has 0 aromatic heterocycles. The molecule has 1 rings (SSSR count). The fourth-order valence-electron chi connectivity index (χ4n) is 1.01. The van der Waals surface area contributed by atoms with Gasteiger partial charge in [-0.15, -0.1) is 0 Å². The number of rotatable bonds is 5. The molecule has 0 atom stereocenters. The Morgan fingerprint density at radius 2 is 2.15 bits per heavy atom. The average Bonchev–Trinajstić information content (AvgIpc) is 2.94. The molecular formula is C9H19N3O. The zero-order valence-electron chi connectivity index (χ0n) is 8.47. The van der Waals surface area contributed by atoms with Crippen LogP contribution in [0.15, 0.2) is 0 Å². The van der Waals surface area contributed by atoms with Crippen LogP contribution in [0.25, 0.3) is 0 Å². The lowest BCUT2D eigenvalue weighted by Crippen LogP contribution is -2.40. The number of carbonyl (C=O) groups excluding carboxylic acids is 1. The minimum Gasteiger partial charge on any atom is -0.337 e. The van der Waals surface area contributed by atoms with Crippen molar-refractivity contribution in [2.45, 2.75) is 25.8 Å². The molecule has 0 unspecified atom stereocenters. The molecular weight excluding hydrogens is 166 g/mol. The summed E-state index contributed by atoms with van der Waals surface area (Å²) in [4.78, 5) is 12.9. The van der Waals surface area contributed by atoms with Crippen LogP contribution in [0.3, 0.4) is 0 Å². The van der Waals surface area contributed by atoms with E-state index >= 15 is 0 Å². The van der Waals surface area contributed by atoms with Gasteiger partial charge in [0.05, 0.1) is 0 Å². The average molecular weight is 185 g/mol. The van der Waals surface area contributed by atoms with Gasteiger partial charge in [-0.05, 0) is 19.8 Å². The Kier molecular flexibility index (Phi) is 4.02. The minimum atomic E-state index is 0.0140. The molecule has 2 N–H and O–H groups in total. The van der Waals surface area contributed by atoms with Crippen molar-refractivity contribution in [3.63, 3.8) is 0 Å². The quantitative estimate of drug-likeness (QED) is 0.609. The summed E-state index contributed by atoms with van der Waals surface area (Å²) in [5, 5.41) is 6.18. The number of hydrogen-bond acceptors (Lipinski definition) is 2. The smallest absolute Gasteiger partial charge is 0.317 e. The van der Waals surface area contributed by atoms with E-state index in [1.54, 1.807) is 11.9 Å². The highest BCUT2D eigenvalue weighted by atomic mass is 16.2. The molecule has 13 heavy (non-hydrogen) atoms. The zero-order chi connectivity index (χ0) is 9.68. The van der Waals surface area contributed by atoms with E-state index in [2.05, 4.69) is 10.6 Å². The molecule has 0 aromatic rings. The van der Waals surface area contributed by atoms with Crippen LogP contribution in [-0.2, 0) is 0 Å². The van der Waals surface area contributed by atoms with Gasteiger partial charge in [0, 0.05) is 32.7 Å². The first-order valence-corrected chi connectivity index (χ1v) is 4.96. The first kappa shape index (κ1) is 10.3. The third-order valence-electron chi connectivity index (χ3n) is 2.23. The number of amides is 2. The van der Waals surface area contributed by atoms with Crippen molar-refractivity contribution < 1.29 is 4.79 Å². The summed E-state index contributed by atoms with van der Waals surface area (Å²) in [6.45, 7) is 4.32. The molecule has 1 aliphatic carbocycles. The monoisotopic (exact) mass is 185 g/mol. The molecule has 1 fully saturated rings. The van der Waals surface area contributed by atoms with Gasteiger partial charge in [0.2, 0.25) is 0 Å². The number of nitrogens with zero attached hydrogens (tertiary/aromatic N) is 1. The van der Waals surface area contributed by atoms with E-state index in [9.17, 15) is 4.79 Å². The second-order valence-corrected chi connectivity index (χ2v) is 3.47. The standard InChI is InChI=1S/C9H19N3O/c1-3-12(2)9(13)11-7-6-10-8-4-5-8/h8,10H,3-7H2,1-2H3,(H,11,13). The maximum absolute atomic E-state index is 11.2. The van der Waals surface area contributed by atoms with E-state index in [1.807, 2.05) is 6.92 Å². The first-order chi connectivity index (χ1) is 6.24. The highest BCUT2D eigenvalue weighted by Gasteiger charge is 2.19. The van der Waals surface area contributed by atoms with Crippen LogP contribution in [0.4, 0.5) is 4.79 Å². The van der Waals surface area contributed by atoms with E-state index in [4.69, 9.17) is 0 Å². The summed E-state index contributed by atoms with van der Waals surface area (Å²) in [6, 6.07) is 0.737. The van der Waals surface area contributed by atoms with Crippen LogP contribution >= 0.6 is 0 Å². The largest absolute Gasteiger partial charge is 0.337 e.